The predicted molar refractivity (Wildman–Crippen MR) is 107 cm³/mol. The molecule has 4 nitrogen and oxygen atoms in total. The summed E-state index contributed by atoms with van der Waals surface area (Å²) in [6, 6.07) is 15.3. The van der Waals surface area contributed by atoms with Gasteiger partial charge in [-0.1, -0.05) is 26.0 Å². The lowest BCUT2D eigenvalue weighted by atomic mass is 9.99. The summed E-state index contributed by atoms with van der Waals surface area (Å²) in [6.07, 6.45) is 1.12. The molecule has 0 amide bonds. The lowest BCUT2D eigenvalue weighted by molar-refractivity contribution is 0.0526. The Kier molecular flexibility index (Phi) is 6.95. The Balaban J connectivity index is 1.92. The summed E-state index contributed by atoms with van der Waals surface area (Å²) in [5.41, 5.74) is 3.59. The summed E-state index contributed by atoms with van der Waals surface area (Å²) in [5.74, 6) is 0.230. The van der Waals surface area contributed by atoms with Crippen LogP contribution in [0.2, 0.25) is 0 Å². The van der Waals surface area contributed by atoms with Gasteiger partial charge in [0.2, 0.25) is 0 Å². The van der Waals surface area contributed by atoms with E-state index in [-0.39, 0.29) is 5.97 Å². The minimum Gasteiger partial charge on any atom is -0.462 e. The van der Waals surface area contributed by atoms with Gasteiger partial charge in [0.25, 0.3) is 0 Å². The number of anilines is 2. The third-order valence-electron chi connectivity index (χ3n) is 4.00. The number of nitrogens with one attached hydrogen (secondary N) is 2. The van der Waals surface area contributed by atoms with Crippen LogP contribution in [0.25, 0.3) is 0 Å². The van der Waals surface area contributed by atoms with Crippen molar-refractivity contribution < 1.29 is 9.53 Å². The van der Waals surface area contributed by atoms with Gasteiger partial charge in [-0.05, 0) is 73.4 Å². The van der Waals surface area contributed by atoms with Crippen LogP contribution in [0.3, 0.4) is 0 Å². The minimum absolute atomic E-state index is 0.323. The molecule has 0 saturated carbocycles. The molecule has 5 heteroatoms. The summed E-state index contributed by atoms with van der Waals surface area (Å²) < 4.78 is 4.96. The zero-order valence-corrected chi connectivity index (χ0v) is 15.7. The zero-order chi connectivity index (χ0) is 18.2. The fraction of sp³-hybridized carbons (Fsp3) is 0.300. The largest absolute Gasteiger partial charge is 0.462 e. The maximum absolute atomic E-state index is 11.6. The fourth-order valence-electron chi connectivity index (χ4n) is 2.33. The summed E-state index contributed by atoms with van der Waals surface area (Å²) in [4.78, 5) is 11.6. The Labute approximate surface area is 154 Å². The van der Waals surface area contributed by atoms with E-state index in [1.54, 1.807) is 31.2 Å². The highest BCUT2D eigenvalue weighted by atomic mass is 32.1. The normalized spacial score (nSPS) is 11.5. The third kappa shape index (κ3) is 5.57. The van der Waals surface area contributed by atoms with Crippen LogP contribution in [0, 0.1) is 0 Å². The SMILES string of the molecule is CCOC(=O)c1ccc(NC(=S)Nc2ccc(C(C)CC)cc2)cc1. The molecule has 1 unspecified atom stereocenters. The molecule has 0 aliphatic carbocycles. The van der Waals surface area contributed by atoms with Crippen LogP contribution in [-0.2, 0) is 4.74 Å². The number of benzene rings is 2. The van der Waals surface area contributed by atoms with Gasteiger partial charge in [0.1, 0.15) is 0 Å². The number of ether oxygens (including phenoxy) is 1. The molecular weight excluding hydrogens is 332 g/mol. The average Bonchev–Trinajstić information content (AvgIpc) is 2.62. The molecule has 2 aromatic rings. The molecule has 0 aromatic heterocycles. The molecule has 0 spiro atoms. The second-order valence-corrected chi connectivity index (χ2v) is 6.22. The van der Waals surface area contributed by atoms with Crippen molar-refractivity contribution in [2.45, 2.75) is 33.1 Å². The van der Waals surface area contributed by atoms with E-state index in [1.165, 1.54) is 5.56 Å². The Morgan fingerprint density at radius 2 is 1.52 bits per heavy atom. The first kappa shape index (κ1) is 18.9. The molecule has 0 heterocycles. The molecule has 1 atom stereocenters. The van der Waals surface area contributed by atoms with Crippen molar-refractivity contribution in [2.24, 2.45) is 0 Å². The van der Waals surface area contributed by atoms with Crippen LogP contribution in [0.1, 0.15) is 49.0 Å². The van der Waals surface area contributed by atoms with Crippen molar-refractivity contribution >= 4 is 34.7 Å². The summed E-state index contributed by atoms with van der Waals surface area (Å²) in [6.45, 7) is 6.55. The van der Waals surface area contributed by atoms with Crippen molar-refractivity contribution in [2.75, 3.05) is 17.2 Å². The maximum Gasteiger partial charge on any atom is 0.338 e. The van der Waals surface area contributed by atoms with Gasteiger partial charge in [0, 0.05) is 11.4 Å². The standard InChI is InChI=1S/C20H24N2O2S/c1-4-14(3)15-6-10-17(11-7-15)21-20(25)22-18-12-8-16(9-13-18)19(23)24-5-2/h6-14H,4-5H2,1-3H3,(H2,21,22,25). The minimum atomic E-state index is -0.323. The van der Waals surface area contributed by atoms with Gasteiger partial charge in [0.15, 0.2) is 5.11 Å². The molecule has 25 heavy (non-hydrogen) atoms. The second-order valence-electron chi connectivity index (χ2n) is 5.81. The van der Waals surface area contributed by atoms with E-state index < -0.39 is 0 Å². The van der Waals surface area contributed by atoms with Crippen molar-refractivity contribution in [3.63, 3.8) is 0 Å². The van der Waals surface area contributed by atoms with Crippen LogP contribution < -0.4 is 10.6 Å². The van der Waals surface area contributed by atoms with E-state index >= 15 is 0 Å². The van der Waals surface area contributed by atoms with Crippen LogP contribution in [0.5, 0.6) is 0 Å². The summed E-state index contributed by atoms with van der Waals surface area (Å²) in [5, 5.41) is 6.77. The highest BCUT2D eigenvalue weighted by molar-refractivity contribution is 7.80. The molecule has 0 bridgehead atoms. The predicted octanol–water partition coefficient (Wildman–Crippen LogP) is 5.19. The number of esters is 1. The number of carbonyl (C=O) groups is 1. The molecule has 2 N–H and O–H groups in total. The Morgan fingerprint density at radius 3 is 2.00 bits per heavy atom. The number of rotatable bonds is 6. The van der Waals surface area contributed by atoms with Gasteiger partial charge in [-0.25, -0.2) is 4.79 Å². The van der Waals surface area contributed by atoms with E-state index in [2.05, 4.69) is 36.6 Å². The Hall–Kier alpha value is -2.40. The van der Waals surface area contributed by atoms with Crippen LogP contribution >= 0.6 is 12.2 Å². The van der Waals surface area contributed by atoms with E-state index in [0.29, 0.717) is 23.2 Å². The smallest absolute Gasteiger partial charge is 0.338 e. The van der Waals surface area contributed by atoms with Crippen molar-refractivity contribution in [1.82, 2.24) is 0 Å². The third-order valence-corrected chi connectivity index (χ3v) is 4.21. The molecular formula is C20H24N2O2S. The molecule has 0 fully saturated rings. The molecule has 0 aliphatic rings. The Bertz CT molecular complexity index is 711. The second kappa shape index (κ2) is 9.18. The number of thiocarbonyl (C=S) groups is 1. The van der Waals surface area contributed by atoms with E-state index in [9.17, 15) is 4.79 Å². The van der Waals surface area contributed by atoms with Crippen molar-refractivity contribution in [1.29, 1.82) is 0 Å². The lowest BCUT2D eigenvalue weighted by Gasteiger charge is -2.13. The van der Waals surface area contributed by atoms with Crippen LogP contribution in [0.4, 0.5) is 11.4 Å². The zero-order valence-electron chi connectivity index (χ0n) is 14.8. The van der Waals surface area contributed by atoms with Gasteiger partial charge in [-0.3, -0.25) is 0 Å². The molecule has 0 saturated heterocycles. The van der Waals surface area contributed by atoms with E-state index in [4.69, 9.17) is 17.0 Å². The topological polar surface area (TPSA) is 50.4 Å². The van der Waals surface area contributed by atoms with Gasteiger partial charge >= 0.3 is 5.97 Å². The Morgan fingerprint density at radius 1 is 1.00 bits per heavy atom. The highest BCUT2D eigenvalue weighted by Crippen LogP contribution is 2.20. The maximum atomic E-state index is 11.6. The average molecular weight is 356 g/mol. The number of hydrogen-bond donors (Lipinski definition) is 2. The number of carbonyl (C=O) groups excluding carboxylic acids is 1. The molecule has 0 aliphatic heterocycles. The first-order chi connectivity index (χ1) is 12.0. The molecule has 132 valence electrons. The van der Waals surface area contributed by atoms with Crippen molar-refractivity contribution in [3.05, 3.63) is 59.7 Å². The van der Waals surface area contributed by atoms with Gasteiger partial charge in [-0.15, -0.1) is 0 Å². The fourth-order valence-corrected chi connectivity index (χ4v) is 2.56. The number of hydrogen-bond acceptors (Lipinski definition) is 3. The lowest BCUT2D eigenvalue weighted by Crippen LogP contribution is -2.19. The first-order valence-electron chi connectivity index (χ1n) is 8.48. The summed E-state index contributed by atoms with van der Waals surface area (Å²) >= 11 is 5.34. The van der Waals surface area contributed by atoms with E-state index in [0.717, 1.165) is 17.8 Å². The molecule has 2 aromatic carbocycles. The van der Waals surface area contributed by atoms with E-state index in [1.807, 2.05) is 12.1 Å². The van der Waals surface area contributed by atoms with Crippen LogP contribution in [-0.4, -0.2) is 17.7 Å². The van der Waals surface area contributed by atoms with Gasteiger partial charge in [0.05, 0.1) is 12.2 Å². The highest BCUT2D eigenvalue weighted by Gasteiger charge is 2.07. The first-order valence-corrected chi connectivity index (χ1v) is 8.89. The van der Waals surface area contributed by atoms with Crippen LogP contribution in [0.15, 0.2) is 48.5 Å². The van der Waals surface area contributed by atoms with Crippen molar-refractivity contribution in [3.8, 4) is 0 Å². The van der Waals surface area contributed by atoms with Gasteiger partial charge < -0.3 is 15.4 Å². The molecule has 2 rings (SSSR count). The summed E-state index contributed by atoms with van der Waals surface area (Å²) in [7, 11) is 0. The monoisotopic (exact) mass is 356 g/mol. The molecule has 0 radical (unpaired) electrons. The van der Waals surface area contributed by atoms with Gasteiger partial charge in [-0.2, -0.15) is 0 Å². The quantitative estimate of drug-likeness (QED) is 0.551.